The van der Waals surface area contributed by atoms with E-state index < -0.39 is 5.91 Å². The van der Waals surface area contributed by atoms with Gasteiger partial charge >= 0.3 is 0 Å². The minimum atomic E-state index is -0.424. The second kappa shape index (κ2) is 10.0. The third-order valence-corrected chi connectivity index (χ3v) is 5.18. The normalized spacial score (nSPS) is 10.7. The van der Waals surface area contributed by atoms with Crippen molar-refractivity contribution in [3.63, 3.8) is 0 Å². The molecule has 0 aliphatic rings. The van der Waals surface area contributed by atoms with E-state index in [1.54, 1.807) is 11.9 Å². The van der Waals surface area contributed by atoms with Gasteiger partial charge in [0.05, 0.1) is 45.5 Å². The van der Waals surface area contributed by atoms with Crippen molar-refractivity contribution in [3.05, 3.63) is 47.8 Å². The molecule has 1 heterocycles. The highest BCUT2D eigenvalue weighted by molar-refractivity contribution is 5.97. The number of methoxy groups -OCH3 is 3. The van der Waals surface area contributed by atoms with Crippen LogP contribution in [0.15, 0.2) is 36.4 Å². The molecule has 32 heavy (non-hydrogen) atoms. The Labute approximate surface area is 186 Å². The van der Waals surface area contributed by atoms with Crippen molar-refractivity contribution in [1.29, 1.82) is 0 Å². The second-order valence-corrected chi connectivity index (χ2v) is 7.11. The molecule has 0 fully saturated rings. The van der Waals surface area contributed by atoms with Crippen LogP contribution in [-0.2, 0) is 17.9 Å². The lowest BCUT2D eigenvalue weighted by Crippen LogP contribution is -2.38. The number of amides is 2. The summed E-state index contributed by atoms with van der Waals surface area (Å²) >= 11 is 0. The van der Waals surface area contributed by atoms with Gasteiger partial charge in [0.2, 0.25) is 11.7 Å². The number of hydrogen-bond acceptors (Lipinski definition) is 6. The van der Waals surface area contributed by atoms with Crippen LogP contribution >= 0.6 is 0 Å². The average molecular weight is 441 g/mol. The lowest BCUT2D eigenvalue weighted by Gasteiger charge is -2.18. The number of carbonyl (C=O) groups is 2. The zero-order chi connectivity index (χ0) is 23.3. The van der Waals surface area contributed by atoms with Crippen LogP contribution in [0.1, 0.15) is 23.1 Å². The van der Waals surface area contributed by atoms with E-state index in [4.69, 9.17) is 14.2 Å². The molecule has 170 valence electrons. The maximum absolute atomic E-state index is 12.6. The fraction of sp³-hybridized carbons (Fsp3) is 0.348. The van der Waals surface area contributed by atoms with Crippen molar-refractivity contribution in [3.8, 4) is 17.2 Å². The highest BCUT2D eigenvalue weighted by atomic mass is 16.5. The quantitative estimate of drug-likeness (QED) is 0.549. The van der Waals surface area contributed by atoms with Crippen LogP contribution in [0.3, 0.4) is 0 Å². The number of nitrogens with zero attached hydrogens (tertiary/aromatic N) is 3. The Morgan fingerprint density at radius 2 is 1.72 bits per heavy atom. The molecule has 0 aliphatic heterocycles. The van der Waals surface area contributed by atoms with Crippen molar-refractivity contribution in [2.75, 3.05) is 34.9 Å². The lowest BCUT2D eigenvalue weighted by atomic mass is 10.1. The van der Waals surface area contributed by atoms with Crippen molar-refractivity contribution in [2.24, 2.45) is 0 Å². The van der Waals surface area contributed by atoms with Crippen LogP contribution in [0.2, 0.25) is 0 Å². The van der Waals surface area contributed by atoms with Gasteiger partial charge in [-0.2, -0.15) is 0 Å². The molecule has 3 rings (SSSR count). The van der Waals surface area contributed by atoms with E-state index in [0.29, 0.717) is 29.4 Å². The standard InChI is InChI=1S/C23H28N4O5/c1-6-27-17-10-8-7-9-16(17)25-20(27)14-26(2)21(28)13-24-23(29)15-11-18(30-3)22(32-5)19(12-15)31-4/h7-12H,6,13-14H2,1-5H3,(H,24,29). The van der Waals surface area contributed by atoms with Crippen molar-refractivity contribution in [1.82, 2.24) is 19.8 Å². The molecular formula is C23H28N4O5. The Morgan fingerprint density at radius 3 is 2.31 bits per heavy atom. The van der Waals surface area contributed by atoms with E-state index >= 15 is 0 Å². The van der Waals surface area contributed by atoms with Crippen LogP contribution in [0.25, 0.3) is 11.0 Å². The van der Waals surface area contributed by atoms with Crippen LogP contribution in [0.4, 0.5) is 0 Å². The van der Waals surface area contributed by atoms with Gasteiger partial charge in [-0.15, -0.1) is 0 Å². The largest absolute Gasteiger partial charge is 0.493 e. The molecule has 0 saturated carbocycles. The van der Waals surface area contributed by atoms with Gasteiger partial charge in [0.1, 0.15) is 5.82 Å². The molecule has 0 atom stereocenters. The van der Waals surface area contributed by atoms with E-state index in [1.807, 2.05) is 31.2 Å². The van der Waals surface area contributed by atoms with Gasteiger partial charge in [-0.05, 0) is 31.2 Å². The zero-order valence-corrected chi connectivity index (χ0v) is 19.0. The minimum absolute atomic E-state index is 0.154. The molecule has 2 aromatic carbocycles. The first kappa shape index (κ1) is 22.9. The summed E-state index contributed by atoms with van der Waals surface area (Å²) in [6.07, 6.45) is 0. The monoisotopic (exact) mass is 440 g/mol. The SMILES string of the molecule is CCn1c(CN(C)C(=O)CNC(=O)c2cc(OC)c(OC)c(OC)c2)nc2ccccc21. The fourth-order valence-corrected chi connectivity index (χ4v) is 3.50. The number of fused-ring (bicyclic) bond motifs is 1. The lowest BCUT2D eigenvalue weighted by molar-refractivity contribution is -0.129. The van der Waals surface area contributed by atoms with Gasteiger partial charge < -0.3 is 29.0 Å². The topological polar surface area (TPSA) is 94.9 Å². The third-order valence-electron chi connectivity index (χ3n) is 5.18. The summed E-state index contributed by atoms with van der Waals surface area (Å²) in [5.41, 5.74) is 2.21. The highest BCUT2D eigenvalue weighted by Crippen LogP contribution is 2.38. The molecular weight excluding hydrogens is 412 g/mol. The van der Waals surface area contributed by atoms with Crippen LogP contribution in [0, 0.1) is 0 Å². The van der Waals surface area contributed by atoms with Crippen molar-refractivity contribution >= 4 is 22.8 Å². The number of para-hydroxylation sites is 2. The predicted molar refractivity (Wildman–Crippen MR) is 120 cm³/mol. The summed E-state index contributed by atoms with van der Waals surface area (Å²) in [7, 11) is 6.12. The molecule has 2 amide bonds. The number of benzene rings is 2. The minimum Gasteiger partial charge on any atom is -0.493 e. The molecule has 9 heteroatoms. The maximum Gasteiger partial charge on any atom is 0.251 e. The van der Waals surface area contributed by atoms with Gasteiger partial charge in [-0.3, -0.25) is 9.59 Å². The fourth-order valence-electron chi connectivity index (χ4n) is 3.50. The molecule has 3 aromatic rings. The molecule has 9 nitrogen and oxygen atoms in total. The highest BCUT2D eigenvalue weighted by Gasteiger charge is 2.19. The summed E-state index contributed by atoms with van der Waals surface area (Å²) in [6.45, 7) is 2.96. The smallest absolute Gasteiger partial charge is 0.251 e. The third kappa shape index (κ3) is 4.61. The van der Waals surface area contributed by atoms with Crippen LogP contribution in [0.5, 0.6) is 17.2 Å². The number of rotatable bonds is 9. The Balaban J connectivity index is 1.67. The summed E-state index contributed by atoms with van der Waals surface area (Å²) in [5, 5.41) is 2.65. The number of nitrogens with one attached hydrogen (secondary N) is 1. The summed E-state index contributed by atoms with van der Waals surface area (Å²) in [5.74, 6) is 1.24. The molecule has 0 radical (unpaired) electrons. The molecule has 0 aliphatic carbocycles. The second-order valence-electron chi connectivity index (χ2n) is 7.11. The number of likely N-dealkylation sites (N-methyl/N-ethyl adjacent to an activating group) is 1. The van der Waals surface area contributed by atoms with Crippen LogP contribution < -0.4 is 19.5 Å². The summed E-state index contributed by atoms with van der Waals surface area (Å²) in [4.78, 5) is 31.5. The van der Waals surface area contributed by atoms with E-state index in [-0.39, 0.29) is 12.5 Å². The predicted octanol–water partition coefficient (Wildman–Crippen LogP) is 2.47. The van der Waals surface area contributed by atoms with Gasteiger partial charge in [-0.25, -0.2) is 4.98 Å². The first-order valence-corrected chi connectivity index (χ1v) is 10.2. The molecule has 0 bridgehead atoms. The number of carbonyl (C=O) groups excluding carboxylic acids is 2. The number of aromatic nitrogens is 2. The molecule has 0 spiro atoms. The number of hydrogen-bond donors (Lipinski definition) is 1. The molecule has 1 aromatic heterocycles. The molecule has 0 saturated heterocycles. The maximum atomic E-state index is 12.6. The van der Waals surface area contributed by atoms with Gasteiger partial charge in [0, 0.05) is 19.2 Å². The van der Waals surface area contributed by atoms with Gasteiger partial charge in [0.15, 0.2) is 11.5 Å². The van der Waals surface area contributed by atoms with Gasteiger partial charge in [0.25, 0.3) is 5.91 Å². The van der Waals surface area contributed by atoms with E-state index in [2.05, 4.69) is 14.9 Å². The van der Waals surface area contributed by atoms with E-state index in [9.17, 15) is 9.59 Å². The first-order chi connectivity index (χ1) is 15.4. The Bertz CT molecular complexity index is 1100. The molecule has 0 unspecified atom stereocenters. The Hall–Kier alpha value is -3.75. The summed E-state index contributed by atoms with van der Waals surface area (Å²) in [6, 6.07) is 10.9. The van der Waals surface area contributed by atoms with E-state index in [0.717, 1.165) is 23.4 Å². The Kier molecular flexibility index (Phi) is 7.19. The number of imidazole rings is 1. The first-order valence-electron chi connectivity index (χ1n) is 10.2. The van der Waals surface area contributed by atoms with Crippen molar-refractivity contribution < 1.29 is 23.8 Å². The average Bonchev–Trinajstić information content (AvgIpc) is 3.17. The number of ether oxygens (including phenoxy) is 3. The van der Waals surface area contributed by atoms with Crippen molar-refractivity contribution in [2.45, 2.75) is 20.0 Å². The number of aryl methyl sites for hydroxylation is 1. The van der Waals surface area contributed by atoms with Gasteiger partial charge in [-0.1, -0.05) is 12.1 Å². The van der Waals surface area contributed by atoms with E-state index in [1.165, 1.54) is 33.5 Å². The summed E-state index contributed by atoms with van der Waals surface area (Å²) < 4.78 is 17.9. The van der Waals surface area contributed by atoms with Crippen LogP contribution in [-0.4, -0.2) is 61.2 Å². The molecule has 1 N–H and O–H groups in total. The Morgan fingerprint density at radius 1 is 1.06 bits per heavy atom. The zero-order valence-electron chi connectivity index (χ0n) is 19.0.